The molecule has 8 heteroatoms. The maximum absolute atomic E-state index is 12.0. The maximum Gasteiger partial charge on any atom is 0.410 e. The Morgan fingerprint density at radius 1 is 1.41 bits per heavy atom. The van der Waals surface area contributed by atoms with Gasteiger partial charge in [0.2, 0.25) is 5.91 Å². The lowest BCUT2D eigenvalue weighted by atomic mass is 10.1. The molecule has 22 heavy (non-hydrogen) atoms. The fourth-order valence-corrected chi connectivity index (χ4v) is 2.77. The lowest BCUT2D eigenvalue weighted by molar-refractivity contribution is -0.122. The number of hydrogen-bond donors (Lipinski definition) is 1. The SMILES string of the molecule is O=C(CN1CCOC1=O)N[C@@H]1CCCN(c2cnccn2)C1. The predicted molar refractivity (Wildman–Crippen MR) is 78.3 cm³/mol. The molecule has 1 aromatic heterocycles. The first-order valence-electron chi connectivity index (χ1n) is 7.44. The molecule has 0 spiro atoms. The Kier molecular flexibility index (Phi) is 4.36. The number of rotatable bonds is 4. The summed E-state index contributed by atoms with van der Waals surface area (Å²) in [5, 5.41) is 2.99. The van der Waals surface area contributed by atoms with Gasteiger partial charge in [0, 0.05) is 31.5 Å². The standard InChI is InChI=1S/C14H19N5O3/c20-13(10-19-6-7-22-14(19)21)17-11-2-1-5-18(9-11)12-8-15-3-4-16-12/h3-4,8,11H,1-2,5-7,9-10H2,(H,17,20)/t11-/m1/s1. The number of nitrogens with zero attached hydrogens (tertiary/aromatic N) is 4. The Morgan fingerprint density at radius 3 is 3.05 bits per heavy atom. The summed E-state index contributed by atoms with van der Waals surface area (Å²) in [5.74, 6) is 0.675. The minimum atomic E-state index is -0.417. The van der Waals surface area contributed by atoms with Crippen molar-refractivity contribution in [2.75, 3.05) is 37.7 Å². The average Bonchev–Trinajstić information content (AvgIpc) is 2.93. The highest BCUT2D eigenvalue weighted by atomic mass is 16.6. The van der Waals surface area contributed by atoms with Crippen molar-refractivity contribution in [1.82, 2.24) is 20.2 Å². The maximum atomic E-state index is 12.0. The van der Waals surface area contributed by atoms with E-state index in [9.17, 15) is 9.59 Å². The van der Waals surface area contributed by atoms with Crippen LogP contribution in [-0.2, 0) is 9.53 Å². The average molecular weight is 305 g/mol. The molecule has 2 aliphatic heterocycles. The van der Waals surface area contributed by atoms with Gasteiger partial charge in [0.05, 0.1) is 12.7 Å². The third kappa shape index (κ3) is 3.44. The van der Waals surface area contributed by atoms with E-state index >= 15 is 0 Å². The van der Waals surface area contributed by atoms with Crippen LogP contribution in [0.1, 0.15) is 12.8 Å². The molecule has 8 nitrogen and oxygen atoms in total. The van der Waals surface area contributed by atoms with E-state index in [4.69, 9.17) is 4.74 Å². The molecule has 2 fully saturated rings. The van der Waals surface area contributed by atoms with Gasteiger partial charge in [-0.25, -0.2) is 9.78 Å². The second kappa shape index (κ2) is 6.59. The molecule has 2 amide bonds. The first kappa shape index (κ1) is 14.6. The van der Waals surface area contributed by atoms with E-state index < -0.39 is 6.09 Å². The van der Waals surface area contributed by atoms with Crippen molar-refractivity contribution in [1.29, 1.82) is 0 Å². The van der Waals surface area contributed by atoms with Crippen LogP contribution in [0.2, 0.25) is 0 Å². The number of amides is 2. The van der Waals surface area contributed by atoms with Gasteiger partial charge in [-0.3, -0.25) is 14.7 Å². The molecule has 0 radical (unpaired) electrons. The zero-order chi connectivity index (χ0) is 15.4. The summed E-state index contributed by atoms with van der Waals surface area (Å²) >= 11 is 0. The third-order valence-corrected chi connectivity index (χ3v) is 3.84. The number of carbonyl (C=O) groups excluding carboxylic acids is 2. The van der Waals surface area contributed by atoms with E-state index in [0.29, 0.717) is 19.7 Å². The fourth-order valence-electron chi connectivity index (χ4n) is 2.77. The van der Waals surface area contributed by atoms with Gasteiger partial charge in [-0.1, -0.05) is 0 Å². The highest BCUT2D eigenvalue weighted by Crippen LogP contribution is 2.16. The number of piperidine rings is 1. The van der Waals surface area contributed by atoms with Crippen LogP contribution in [-0.4, -0.2) is 65.7 Å². The van der Waals surface area contributed by atoms with Crippen LogP contribution < -0.4 is 10.2 Å². The van der Waals surface area contributed by atoms with Gasteiger partial charge in [-0.15, -0.1) is 0 Å². The van der Waals surface area contributed by atoms with Crippen LogP contribution in [0.15, 0.2) is 18.6 Å². The van der Waals surface area contributed by atoms with E-state index in [2.05, 4.69) is 20.2 Å². The van der Waals surface area contributed by atoms with Crippen molar-refractivity contribution in [3.8, 4) is 0 Å². The van der Waals surface area contributed by atoms with E-state index in [1.165, 1.54) is 4.90 Å². The van der Waals surface area contributed by atoms with Crippen LogP contribution in [0.4, 0.5) is 10.6 Å². The zero-order valence-corrected chi connectivity index (χ0v) is 12.3. The number of nitrogens with one attached hydrogen (secondary N) is 1. The molecule has 118 valence electrons. The van der Waals surface area contributed by atoms with Crippen LogP contribution >= 0.6 is 0 Å². The first-order chi connectivity index (χ1) is 10.7. The molecule has 1 atom stereocenters. The summed E-state index contributed by atoms with van der Waals surface area (Å²) < 4.78 is 4.81. The number of aromatic nitrogens is 2. The Hall–Kier alpha value is -2.38. The van der Waals surface area contributed by atoms with Gasteiger partial charge in [0.25, 0.3) is 0 Å². The van der Waals surface area contributed by atoms with Crippen LogP contribution in [0, 0.1) is 0 Å². The Morgan fingerprint density at radius 2 is 2.32 bits per heavy atom. The summed E-state index contributed by atoms with van der Waals surface area (Å²) in [6, 6.07) is 0.0573. The van der Waals surface area contributed by atoms with Gasteiger partial charge >= 0.3 is 6.09 Å². The normalized spacial score (nSPS) is 21.6. The van der Waals surface area contributed by atoms with Crippen LogP contribution in [0.25, 0.3) is 0 Å². The predicted octanol–water partition coefficient (Wildman–Crippen LogP) is 0.0138. The minimum Gasteiger partial charge on any atom is -0.448 e. The van der Waals surface area contributed by atoms with Crippen LogP contribution in [0.3, 0.4) is 0 Å². The largest absolute Gasteiger partial charge is 0.448 e. The van der Waals surface area contributed by atoms with Gasteiger partial charge in [-0.2, -0.15) is 0 Å². The minimum absolute atomic E-state index is 0.0560. The van der Waals surface area contributed by atoms with Crippen molar-refractivity contribution in [3.63, 3.8) is 0 Å². The van der Waals surface area contributed by atoms with E-state index in [1.54, 1.807) is 18.6 Å². The number of cyclic esters (lactones) is 1. The molecule has 1 N–H and O–H groups in total. The molecular formula is C14H19N5O3. The monoisotopic (exact) mass is 305 g/mol. The molecule has 0 aliphatic carbocycles. The quantitative estimate of drug-likeness (QED) is 0.843. The van der Waals surface area contributed by atoms with E-state index in [0.717, 1.165) is 25.2 Å². The fraction of sp³-hybridized carbons (Fsp3) is 0.571. The summed E-state index contributed by atoms with van der Waals surface area (Å²) in [6.45, 7) is 2.50. The van der Waals surface area contributed by atoms with Crippen molar-refractivity contribution in [2.45, 2.75) is 18.9 Å². The van der Waals surface area contributed by atoms with Gasteiger partial charge in [0.1, 0.15) is 19.0 Å². The lowest BCUT2D eigenvalue weighted by Crippen LogP contribution is -2.50. The number of hydrogen-bond acceptors (Lipinski definition) is 6. The lowest BCUT2D eigenvalue weighted by Gasteiger charge is -2.33. The Balaban J connectivity index is 1.52. The summed E-state index contributed by atoms with van der Waals surface area (Å²) in [4.78, 5) is 35.3. The van der Waals surface area contributed by atoms with Crippen LogP contribution in [0.5, 0.6) is 0 Å². The van der Waals surface area contributed by atoms with E-state index in [1.807, 2.05) is 0 Å². The van der Waals surface area contributed by atoms with Crippen molar-refractivity contribution < 1.29 is 14.3 Å². The first-order valence-corrected chi connectivity index (χ1v) is 7.44. The molecule has 1 aromatic rings. The molecule has 0 saturated carbocycles. The molecule has 0 aromatic carbocycles. The molecule has 3 rings (SSSR count). The molecular weight excluding hydrogens is 286 g/mol. The second-order valence-corrected chi connectivity index (χ2v) is 5.45. The highest BCUT2D eigenvalue weighted by Gasteiger charge is 2.27. The zero-order valence-electron chi connectivity index (χ0n) is 12.3. The summed E-state index contributed by atoms with van der Waals surface area (Å²) in [7, 11) is 0. The Bertz CT molecular complexity index is 539. The second-order valence-electron chi connectivity index (χ2n) is 5.45. The highest BCUT2D eigenvalue weighted by molar-refractivity contribution is 5.83. The van der Waals surface area contributed by atoms with Gasteiger partial charge in [0.15, 0.2) is 0 Å². The molecule has 0 unspecified atom stereocenters. The van der Waals surface area contributed by atoms with Crippen molar-refractivity contribution >= 4 is 17.8 Å². The molecule has 0 bridgehead atoms. The van der Waals surface area contributed by atoms with Crippen molar-refractivity contribution in [2.24, 2.45) is 0 Å². The summed E-state index contributed by atoms with van der Waals surface area (Å²) in [5.41, 5.74) is 0. The van der Waals surface area contributed by atoms with Crippen molar-refractivity contribution in [3.05, 3.63) is 18.6 Å². The smallest absolute Gasteiger partial charge is 0.410 e. The molecule has 2 saturated heterocycles. The summed E-state index contributed by atoms with van der Waals surface area (Å²) in [6.07, 6.45) is 6.52. The van der Waals surface area contributed by atoms with E-state index in [-0.39, 0.29) is 18.5 Å². The number of ether oxygens (including phenoxy) is 1. The number of anilines is 1. The number of carbonyl (C=O) groups is 2. The Labute approximate surface area is 128 Å². The molecule has 3 heterocycles. The molecule has 2 aliphatic rings. The topological polar surface area (TPSA) is 87.7 Å². The third-order valence-electron chi connectivity index (χ3n) is 3.84. The van der Waals surface area contributed by atoms with Gasteiger partial charge < -0.3 is 15.0 Å². The van der Waals surface area contributed by atoms with Gasteiger partial charge in [-0.05, 0) is 12.8 Å².